The van der Waals surface area contributed by atoms with Crippen molar-refractivity contribution in [1.29, 1.82) is 0 Å². The number of thiazole rings is 2. The lowest BCUT2D eigenvalue weighted by atomic mass is 10.1. The summed E-state index contributed by atoms with van der Waals surface area (Å²) in [6.07, 6.45) is 2.91. The highest BCUT2D eigenvalue weighted by molar-refractivity contribution is 7.15. The van der Waals surface area contributed by atoms with Gasteiger partial charge in [0.1, 0.15) is 17.2 Å². The van der Waals surface area contributed by atoms with Gasteiger partial charge < -0.3 is 10.2 Å². The highest BCUT2D eigenvalue weighted by atomic mass is 32.1. The van der Waals surface area contributed by atoms with E-state index in [2.05, 4.69) is 15.3 Å². The Morgan fingerprint density at radius 3 is 2.94 bits per heavy atom. The smallest absolute Gasteiger partial charge is 0.274 e. The normalized spacial score (nSPS) is 21.1. The molecule has 2 amide bonds. The quantitative estimate of drug-likeness (QED) is 0.451. The number of nitrogens with zero attached hydrogens (tertiary/aromatic N) is 4. The maximum atomic E-state index is 13.9. The van der Waals surface area contributed by atoms with E-state index >= 15 is 0 Å². The summed E-state index contributed by atoms with van der Waals surface area (Å²) in [5, 5.41) is 5.70. The molecule has 7 nitrogen and oxygen atoms in total. The summed E-state index contributed by atoms with van der Waals surface area (Å²) in [7, 11) is 0. The van der Waals surface area contributed by atoms with Crippen LogP contribution in [0, 0.1) is 31.5 Å². The monoisotopic (exact) mass is 495 g/mol. The van der Waals surface area contributed by atoms with Gasteiger partial charge in [0, 0.05) is 24.7 Å². The highest BCUT2D eigenvalue weighted by Gasteiger charge is 2.54. The van der Waals surface area contributed by atoms with Crippen molar-refractivity contribution in [2.24, 2.45) is 11.8 Å². The summed E-state index contributed by atoms with van der Waals surface area (Å²) in [6.45, 7) is 4.71. The maximum absolute atomic E-state index is 13.9. The van der Waals surface area contributed by atoms with Crippen LogP contribution in [0.1, 0.15) is 38.1 Å². The molecule has 1 N–H and O–H groups in total. The van der Waals surface area contributed by atoms with E-state index in [4.69, 9.17) is 0 Å². The number of carbonyl (C=O) groups excluding carboxylic acids is 2. The Hall–Kier alpha value is -3.11. The van der Waals surface area contributed by atoms with E-state index < -0.39 is 0 Å². The fourth-order valence-electron chi connectivity index (χ4n) is 5.05. The summed E-state index contributed by atoms with van der Waals surface area (Å²) in [6, 6.07) is 6.17. The molecule has 1 aliphatic heterocycles. The van der Waals surface area contributed by atoms with Crippen LogP contribution < -0.4 is 5.32 Å². The van der Waals surface area contributed by atoms with E-state index in [1.807, 2.05) is 30.3 Å². The first kappa shape index (κ1) is 21.4. The molecule has 0 spiro atoms. The van der Waals surface area contributed by atoms with Crippen molar-refractivity contribution in [3.05, 3.63) is 63.7 Å². The molecule has 3 unspecified atom stereocenters. The van der Waals surface area contributed by atoms with Gasteiger partial charge in [-0.25, -0.2) is 14.4 Å². The number of benzene rings is 1. The second-order valence-electron chi connectivity index (χ2n) is 8.92. The summed E-state index contributed by atoms with van der Waals surface area (Å²) >= 11 is 2.88. The molecule has 34 heavy (non-hydrogen) atoms. The first-order chi connectivity index (χ1) is 16.4. The first-order valence-corrected chi connectivity index (χ1v) is 12.8. The lowest BCUT2D eigenvalue weighted by Crippen LogP contribution is -2.46. The summed E-state index contributed by atoms with van der Waals surface area (Å²) in [4.78, 5) is 38.9. The molecule has 3 atom stereocenters. The molecule has 1 saturated heterocycles. The maximum Gasteiger partial charge on any atom is 0.274 e. The third-order valence-corrected chi connectivity index (χ3v) is 8.49. The predicted octanol–water partition coefficient (Wildman–Crippen LogP) is 4.17. The van der Waals surface area contributed by atoms with Crippen LogP contribution in [0.5, 0.6) is 0 Å². The summed E-state index contributed by atoms with van der Waals surface area (Å²) in [5.74, 6) is 0.151. The van der Waals surface area contributed by atoms with Crippen LogP contribution in [-0.2, 0) is 0 Å². The topological polar surface area (TPSA) is 79.6 Å². The second kappa shape index (κ2) is 7.99. The van der Waals surface area contributed by atoms with Crippen molar-refractivity contribution in [3.8, 4) is 10.4 Å². The van der Waals surface area contributed by atoms with Gasteiger partial charge in [-0.05, 0) is 49.8 Å². The van der Waals surface area contributed by atoms with Gasteiger partial charge in [-0.15, -0.1) is 22.7 Å². The number of aryl methyl sites for hydroxylation is 2. The largest absolute Gasteiger partial charge is 0.349 e. The molecule has 0 radical (unpaired) electrons. The van der Waals surface area contributed by atoms with Gasteiger partial charge in [0.05, 0.1) is 21.6 Å². The zero-order valence-electron chi connectivity index (χ0n) is 18.6. The molecular formula is C24H22FN5O2S2. The van der Waals surface area contributed by atoms with Gasteiger partial charge in [0.25, 0.3) is 11.8 Å². The standard InChI is InChI=1S/C24H22FN5O2S2/c1-12-20(29-6-7-33-24(29)27-12)22(31)26-10-18-17-9-15(17)11-30(18)23(32)19-21(34-13(2)28-19)14-4-3-5-16(25)8-14/h3-8,15,17-18H,9-11H2,1-2H3,(H,26,31). The van der Waals surface area contributed by atoms with Gasteiger partial charge in [-0.3, -0.25) is 14.0 Å². The van der Waals surface area contributed by atoms with Crippen molar-refractivity contribution >= 4 is 39.4 Å². The van der Waals surface area contributed by atoms with E-state index in [-0.39, 0.29) is 23.7 Å². The minimum atomic E-state index is -0.347. The molecule has 1 aliphatic carbocycles. The van der Waals surface area contributed by atoms with Crippen LogP contribution in [-0.4, -0.2) is 50.2 Å². The summed E-state index contributed by atoms with van der Waals surface area (Å²) < 4.78 is 15.7. The number of amides is 2. The average Bonchev–Trinajstić information content (AvgIpc) is 3.14. The van der Waals surface area contributed by atoms with Crippen LogP contribution >= 0.6 is 22.7 Å². The molecule has 6 rings (SSSR count). The molecule has 2 aliphatic rings. The minimum absolute atomic E-state index is 0.0880. The molecule has 4 heterocycles. The van der Waals surface area contributed by atoms with Crippen LogP contribution in [0.3, 0.4) is 0 Å². The number of nitrogens with one attached hydrogen (secondary N) is 1. The van der Waals surface area contributed by atoms with E-state index in [1.54, 1.807) is 16.5 Å². The van der Waals surface area contributed by atoms with Crippen molar-refractivity contribution in [1.82, 2.24) is 24.6 Å². The van der Waals surface area contributed by atoms with Crippen LogP contribution in [0.4, 0.5) is 4.39 Å². The number of carbonyl (C=O) groups is 2. The lowest BCUT2D eigenvalue weighted by Gasteiger charge is -2.27. The van der Waals surface area contributed by atoms with Gasteiger partial charge >= 0.3 is 0 Å². The van der Waals surface area contributed by atoms with Crippen molar-refractivity contribution in [3.63, 3.8) is 0 Å². The Labute approximate surface area is 203 Å². The second-order valence-corrected chi connectivity index (χ2v) is 11.0. The van der Waals surface area contributed by atoms with Crippen LogP contribution in [0.2, 0.25) is 0 Å². The van der Waals surface area contributed by atoms with E-state index in [1.165, 1.54) is 34.8 Å². The van der Waals surface area contributed by atoms with Crippen molar-refractivity contribution < 1.29 is 14.0 Å². The predicted molar refractivity (Wildman–Crippen MR) is 129 cm³/mol. The fourth-order valence-corrected chi connectivity index (χ4v) is 6.71. The van der Waals surface area contributed by atoms with Gasteiger partial charge in [-0.2, -0.15) is 0 Å². The number of piperidine rings is 1. The Morgan fingerprint density at radius 2 is 2.12 bits per heavy atom. The lowest BCUT2D eigenvalue weighted by molar-refractivity contribution is 0.0690. The Bertz CT molecular complexity index is 1440. The van der Waals surface area contributed by atoms with Gasteiger partial charge in [0.15, 0.2) is 4.96 Å². The minimum Gasteiger partial charge on any atom is -0.349 e. The number of aromatic nitrogens is 3. The van der Waals surface area contributed by atoms with E-state index in [0.29, 0.717) is 52.4 Å². The molecule has 2 fully saturated rings. The molecule has 3 aromatic heterocycles. The number of hydrogen-bond donors (Lipinski definition) is 1. The number of fused-ring (bicyclic) bond motifs is 2. The number of hydrogen-bond acceptors (Lipinski definition) is 6. The van der Waals surface area contributed by atoms with Crippen molar-refractivity contribution in [2.75, 3.05) is 13.1 Å². The average molecular weight is 496 g/mol. The third-order valence-electron chi connectivity index (χ3n) is 6.71. The molecule has 1 saturated carbocycles. The number of rotatable bonds is 5. The Kier molecular flexibility index (Phi) is 5.03. The van der Waals surface area contributed by atoms with Gasteiger partial charge in [0.2, 0.25) is 0 Å². The summed E-state index contributed by atoms with van der Waals surface area (Å²) in [5.41, 5.74) is 2.23. The molecule has 1 aromatic carbocycles. The molecule has 0 bridgehead atoms. The number of halogens is 1. The molecule has 174 valence electrons. The SMILES string of the molecule is Cc1nc(C(=O)N2CC3CC3C2CNC(=O)c2c(C)nc3sccn23)c(-c2cccc(F)c2)s1. The first-order valence-electron chi connectivity index (χ1n) is 11.2. The van der Waals surface area contributed by atoms with Gasteiger partial charge in [-0.1, -0.05) is 12.1 Å². The molecule has 4 aromatic rings. The highest BCUT2D eigenvalue weighted by Crippen LogP contribution is 2.50. The molecule has 10 heteroatoms. The molecular weight excluding hydrogens is 473 g/mol. The Morgan fingerprint density at radius 1 is 1.26 bits per heavy atom. The zero-order valence-corrected chi connectivity index (χ0v) is 20.3. The van der Waals surface area contributed by atoms with Crippen molar-refractivity contribution in [2.45, 2.75) is 26.3 Å². The third kappa shape index (κ3) is 3.52. The van der Waals surface area contributed by atoms with E-state index in [9.17, 15) is 14.0 Å². The number of imidazole rings is 1. The number of likely N-dealkylation sites (tertiary alicyclic amines) is 1. The van der Waals surface area contributed by atoms with Crippen LogP contribution in [0.25, 0.3) is 15.4 Å². The zero-order chi connectivity index (χ0) is 23.6. The van der Waals surface area contributed by atoms with Crippen LogP contribution in [0.15, 0.2) is 35.8 Å². The van der Waals surface area contributed by atoms with E-state index in [0.717, 1.165) is 16.4 Å². The fraction of sp³-hybridized carbons (Fsp3) is 0.333. The Balaban J connectivity index is 1.24.